The average Bonchev–Trinajstić information content (AvgIpc) is 3.02. The van der Waals surface area contributed by atoms with Crippen LogP contribution in [0.4, 0.5) is 10.5 Å². The first-order valence-corrected chi connectivity index (χ1v) is 10.8. The smallest absolute Gasteiger partial charge is 0.335 e. The van der Waals surface area contributed by atoms with Gasteiger partial charge in [0.15, 0.2) is 0 Å². The van der Waals surface area contributed by atoms with E-state index in [1.165, 1.54) is 24.3 Å². The number of aromatic carboxylic acids is 1. The zero-order valence-corrected chi connectivity index (χ0v) is 18.2. The van der Waals surface area contributed by atoms with Crippen LogP contribution in [-0.2, 0) is 9.59 Å². The van der Waals surface area contributed by atoms with Crippen LogP contribution in [0.15, 0.2) is 71.2 Å². The minimum Gasteiger partial charge on any atom is -0.478 e. The minimum atomic E-state index is -1.04. The van der Waals surface area contributed by atoms with Crippen molar-refractivity contribution in [1.82, 2.24) is 4.90 Å². The predicted molar refractivity (Wildman–Crippen MR) is 124 cm³/mol. The van der Waals surface area contributed by atoms with Crippen molar-refractivity contribution in [2.75, 3.05) is 11.9 Å². The third-order valence-electron chi connectivity index (χ3n) is 4.63. The molecule has 1 heterocycles. The molecule has 0 aliphatic carbocycles. The lowest BCUT2D eigenvalue weighted by Crippen LogP contribution is -2.29. The lowest BCUT2D eigenvalue weighted by Gasteiger charge is -2.12. The lowest BCUT2D eigenvalue weighted by atomic mass is 10.1. The molecular formula is C24H22N2O5S. The fraction of sp³-hybridized carbons (Fsp3) is 0.167. The number of rotatable bonds is 8. The number of carboxylic acid groups (broad SMARTS) is 1. The summed E-state index contributed by atoms with van der Waals surface area (Å²) in [6, 6.07) is 15.5. The van der Waals surface area contributed by atoms with Crippen LogP contribution in [-0.4, -0.2) is 39.6 Å². The summed E-state index contributed by atoms with van der Waals surface area (Å²) in [4.78, 5) is 49.3. The highest BCUT2D eigenvalue weighted by atomic mass is 32.2. The quantitative estimate of drug-likeness (QED) is 0.561. The molecule has 32 heavy (non-hydrogen) atoms. The first-order valence-electron chi connectivity index (χ1n) is 9.95. The number of anilines is 1. The summed E-state index contributed by atoms with van der Waals surface area (Å²) < 4.78 is 0. The first kappa shape index (κ1) is 23.0. The molecule has 2 aromatic carbocycles. The molecular weight excluding hydrogens is 428 g/mol. The van der Waals surface area contributed by atoms with E-state index in [0.717, 1.165) is 27.8 Å². The van der Waals surface area contributed by atoms with Gasteiger partial charge in [-0.2, -0.15) is 0 Å². The number of carbonyl (C=O) groups is 4. The van der Waals surface area contributed by atoms with Crippen molar-refractivity contribution in [3.63, 3.8) is 0 Å². The molecule has 2 N–H and O–H groups in total. The van der Waals surface area contributed by atoms with Gasteiger partial charge in [0.1, 0.15) is 0 Å². The molecule has 3 rings (SSSR count). The topological polar surface area (TPSA) is 104 Å². The molecule has 1 aliphatic heterocycles. The Morgan fingerprint density at radius 2 is 1.75 bits per heavy atom. The van der Waals surface area contributed by atoms with E-state index in [1.807, 2.05) is 43.3 Å². The summed E-state index contributed by atoms with van der Waals surface area (Å²) in [5.41, 5.74) is 2.47. The van der Waals surface area contributed by atoms with Gasteiger partial charge in [0, 0.05) is 18.7 Å². The summed E-state index contributed by atoms with van der Waals surface area (Å²) in [5.74, 6) is -1.68. The molecule has 1 saturated heterocycles. The van der Waals surface area contributed by atoms with Crippen molar-refractivity contribution in [3.05, 3.63) is 82.3 Å². The van der Waals surface area contributed by atoms with Gasteiger partial charge in [-0.3, -0.25) is 19.3 Å². The Kier molecular flexibility index (Phi) is 7.62. The molecule has 0 bridgehead atoms. The number of amides is 3. The van der Waals surface area contributed by atoms with E-state index in [1.54, 1.807) is 6.08 Å². The van der Waals surface area contributed by atoms with Gasteiger partial charge in [0.05, 0.1) is 10.5 Å². The number of nitrogens with zero attached hydrogens (tertiary/aromatic N) is 1. The summed E-state index contributed by atoms with van der Waals surface area (Å²) >= 11 is 0.895. The van der Waals surface area contributed by atoms with E-state index < -0.39 is 5.97 Å². The van der Waals surface area contributed by atoms with Crippen molar-refractivity contribution < 1.29 is 24.3 Å². The lowest BCUT2D eigenvalue weighted by molar-refractivity contribution is -0.123. The summed E-state index contributed by atoms with van der Waals surface area (Å²) in [5, 5.41) is 11.2. The maximum atomic E-state index is 12.6. The van der Waals surface area contributed by atoms with Crippen LogP contribution in [0.25, 0.3) is 6.08 Å². The highest BCUT2D eigenvalue weighted by molar-refractivity contribution is 8.18. The second kappa shape index (κ2) is 10.6. The average molecular weight is 451 g/mol. The molecule has 0 radical (unpaired) electrons. The highest BCUT2D eigenvalue weighted by Crippen LogP contribution is 2.32. The van der Waals surface area contributed by atoms with Crippen LogP contribution in [0, 0.1) is 0 Å². The number of imide groups is 1. The molecule has 0 atom stereocenters. The van der Waals surface area contributed by atoms with Gasteiger partial charge in [-0.05, 0) is 66.6 Å². The summed E-state index contributed by atoms with van der Waals surface area (Å²) in [7, 11) is 0. The van der Waals surface area contributed by atoms with E-state index in [9.17, 15) is 19.2 Å². The van der Waals surface area contributed by atoms with Crippen molar-refractivity contribution in [2.24, 2.45) is 0 Å². The molecule has 1 fully saturated rings. The third kappa shape index (κ3) is 6.18. The Labute approximate surface area is 189 Å². The van der Waals surface area contributed by atoms with Gasteiger partial charge in [0.25, 0.3) is 11.1 Å². The zero-order valence-electron chi connectivity index (χ0n) is 17.4. The number of thioether (sulfide) groups is 1. The van der Waals surface area contributed by atoms with Gasteiger partial charge in [-0.15, -0.1) is 0 Å². The summed E-state index contributed by atoms with van der Waals surface area (Å²) in [6.45, 7) is 2.02. The van der Waals surface area contributed by atoms with Gasteiger partial charge in [-0.1, -0.05) is 36.4 Å². The monoisotopic (exact) mass is 450 g/mol. The number of hydrogen-bond donors (Lipinski definition) is 2. The molecule has 164 valence electrons. The fourth-order valence-electron chi connectivity index (χ4n) is 3.07. The Balaban J connectivity index is 1.51. The second-order valence-electron chi connectivity index (χ2n) is 7.17. The van der Waals surface area contributed by atoms with Crippen molar-refractivity contribution in [2.45, 2.75) is 19.8 Å². The molecule has 3 amide bonds. The van der Waals surface area contributed by atoms with Crippen LogP contribution in [0.3, 0.4) is 0 Å². The number of carbonyl (C=O) groups excluding carboxylic acids is 3. The molecule has 7 nitrogen and oxygen atoms in total. The fourth-order valence-corrected chi connectivity index (χ4v) is 3.99. The van der Waals surface area contributed by atoms with Crippen LogP contribution in [0.2, 0.25) is 0 Å². The molecule has 8 heteroatoms. The molecule has 2 aromatic rings. The van der Waals surface area contributed by atoms with Crippen LogP contribution >= 0.6 is 11.8 Å². The predicted octanol–water partition coefficient (Wildman–Crippen LogP) is 4.79. The third-order valence-corrected chi connectivity index (χ3v) is 5.53. The second-order valence-corrected chi connectivity index (χ2v) is 8.16. The number of benzene rings is 2. The minimum absolute atomic E-state index is 0.119. The SMILES string of the molecule is CC(/C=C1\SC(=O)N(CCCC(=O)Nc2ccc(C(=O)O)cc2)C1=O)=C\c1ccccc1. The van der Waals surface area contributed by atoms with Gasteiger partial charge >= 0.3 is 5.97 Å². The Hall–Kier alpha value is -3.65. The van der Waals surface area contributed by atoms with Gasteiger partial charge < -0.3 is 10.4 Å². The van der Waals surface area contributed by atoms with Crippen molar-refractivity contribution >= 4 is 46.5 Å². The maximum Gasteiger partial charge on any atom is 0.335 e. The van der Waals surface area contributed by atoms with Gasteiger partial charge in [-0.25, -0.2) is 4.79 Å². The standard InChI is InChI=1S/C24H22N2O5S/c1-16(14-17-6-3-2-4-7-17)15-20-22(28)26(24(31)32-20)13-5-8-21(27)25-19-11-9-18(10-12-19)23(29)30/h2-4,6-7,9-12,14-15H,5,8,13H2,1H3,(H,25,27)(H,29,30)/b16-14+,20-15-. The number of hydrogen-bond acceptors (Lipinski definition) is 5. The Morgan fingerprint density at radius 3 is 2.41 bits per heavy atom. The Morgan fingerprint density at radius 1 is 1.06 bits per heavy atom. The van der Waals surface area contributed by atoms with Gasteiger partial charge in [0.2, 0.25) is 5.91 Å². The van der Waals surface area contributed by atoms with Crippen molar-refractivity contribution in [3.8, 4) is 0 Å². The number of carboxylic acids is 1. The van der Waals surface area contributed by atoms with E-state index >= 15 is 0 Å². The molecule has 1 aliphatic rings. The molecule has 0 spiro atoms. The first-order chi connectivity index (χ1) is 15.3. The van der Waals surface area contributed by atoms with Crippen LogP contribution < -0.4 is 5.32 Å². The normalized spacial score (nSPS) is 15.3. The van der Waals surface area contributed by atoms with E-state index in [4.69, 9.17) is 5.11 Å². The Bertz CT molecular complexity index is 1090. The van der Waals surface area contributed by atoms with Crippen LogP contribution in [0.1, 0.15) is 35.7 Å². The molecule has 0 saturated carbocycles. The van der Waals surface area contributed by atoms with E-state index in [0.29, 0.717) is 17.0 Å². The van der Waals surface area contributed by atoms with Crippen LogP contribution in [0.5, 0.6) is 0 Å². The molecule has 0 aromatic heterocycles. The van der Waals surface area contributed by atoms with E-state index in [-0.39, 0.29) is 35.6 Å². The maximum absolute atomic E-state index is 12.6. The van der Waals surface area contributed by atoms with E-state index in [2.05, 4.69) is 5.32 Å². The largest absolute Gasteiger partial charge is 0.478 e. The number of allylic oxidation sites excluding steroid dienone is 2. The number of nitrogens with one attached hydrogen (secondary N) is 1. The zero-order chi connectivity index (χ0) is 23.1. The van der Waals surface area contributed by atoms with Crippen molar-refractivity contribution in [1.29, 1.82) is 0 Å². The molecule has 0 unspecified atom stereocenters. The highest BCUT2D eigenvalue weighted by Gasteiger charge is 2.34. The summed E-state index contributed by atoms with van der Waals surface area (Å²) in [6.07, 6.45) is 4.07.